The van der Waals surface area contributed by atoms with E-state index in [-0.39, 0.29) is 5.97 Å². The molecule has 0 fully saturated rings. The van der Waals surface area contributed by atoms with Gasteiger partial charge in [0.15, 0.2) is 0 Å². The van der Waals surface area contributed by atoms with Crippen molar-refractivity contribution in [1.82, 2.24) is 0 Å². The van der Waals surface area contributed by atoms with Crippen molar-refractivity contribution in [2.45, 2.75) is 13.8 Å². The molecule has 3 rings (SSSR count). The SMILES string of the molecule is CC(=O)Oc1ccc(C#Cc2ccc(-c3ccc(C)s3)s2)cc1. The number of ether oxygens (including phenoxy) is 1. The van der Waals surface area contributed by atoms with Crippen LogP contribution in [0, 0.1) is 18.8 Å². The molecular weight excluding hydrogens is 324 g/mol. The van der Waals surface area contributed by atoms with Gasteiger partial charge in [0, 0.05) is 27.1 Å². The van der Waals surface area contributed by atoms with Crippen molar-refractivity contribution in [3.8, 4) is 27.3 Å². The van der Waals surface area contributed by atoms with Crippen molar-refractivity contribution in [2.75, 3.05) is 0 Å². The Labute approximate surface area is 143 Å². The molecular formula is C19H14O2S2. The molecule has 0 spiro atoms. The quantitative estimate of drug-likeness (QED) is 0.369. The van der Waals surface area contributed by atoms with Gasteiger partial charge < -0.3 is 4.74 Å². The maximum atomic E-state index is 10.9. The highest BCUT2D eigenvalue weighted by Gasteiger charge is 2.03. The van der Waals surface area contributed by atoms with Crippen molar-refractivity contribution in [2.24, 2.45) is 0 Å². The number of carbonyl (C=O) groups excluding carboxylic acids is 1. The lowest BCUT2D eigenvalue weighted by Crippen LogP contribution is -2.00. The van der Waals surface area contributed by atoms with Crippen molar-refractivity contribution < 1.29 is 9.53 Å². The molecule has 2 nitrogen and oxygen atoms in total. The molecule has 2 heterocycles. The van der Waals surface area contributed by atoms with Gasteiger partial charge in [-0.2, -0.15) is 0 Å². The molecule has 0 saturated heterocycles. The maximum Gasteiger partial charge on any atom is 0.308 e. The van der Waals surface area contributed by atoms with Gasteiger partial charge in [-0.3, -0.25) is 4.79 Å². The van der Waals surface area contributed by atoms with Crippen LogP contribution in [0.4, 0.5) is 0 Å². The summed E-state index contributed by atoms with van der Waals surface area (Å²) in [5.74, 6) is 6.53. The van der Waals surface area contributed by atoms with Gasteiger partial charge in [-0.1, -0.05) is 11.8 Å². The summed E-state index contributed by atoms with van der Waals surface area (Å²) in [6.45, 7) is 3.50. The summed E-state index contributed by atoms with van der Waals surface area (Å²) in [5, 5.41) is 0. The summed E-state index contributed by atoms with van der Waals surface area (Å²) in [7, 11) is 0. The Morgan fingerprint density at radius 2 is 1.61 bits per heavy atom. The van der Waals surface area contributed by atoms with Crippen LogP contribution in [0.15, 0.2) is 48.5 Å². The molecule has 0 radical (unpaired) electrons. The highest BCUT2D eigenvalue weighted by atomic mass is 32.1. The number of rotatable bonds is 2. The molecule has 1 aromatic carbocycles. The van der Waals surface area contributed by atoms with E-state index < -0.39 is 0 Å². The molecule has 0 atom stereocenters. The first kappa shape index (κ1) is 15.5. The number of carbonyl (C=O) groups is 1. The number of benzene rings is 1. The van der Waals surface area contributed by atoms with Crippen LogP contribution < -0.4 is 4.74 Å². The first-order chi connectivity index (χ1) is 11.1. The summed E-state index contributed by atoms with van der Waals surface area (Å²) >= 11 is 3.49. The highest BCUT2D eigenvalue weighted by Crippen LogP contribution is 2.33. The van der Waals surface area contributed by atoms with E-state index in [0.29, 0.717) is 5.75 Å². The maximum absolute atomic E-state index is 10.9. The molecule has 0 N–H and O–H groups in total. The van der Waals surface area contributed by atoms with E-state index in [4.69, 9.17) is 4.74 Å². The van der Waals surface area contributed by atoms with E-state index in [1.165, 1.54) is 21.6 Å². The van der Waals surface area contributed by atoms with Gasteiger partial charge in [0.25, 0.3) is 0 Å². The van der Waals surface area contributed by atoms with Crippen LogP contribution in [0.1, 0.15) is 22.2 Å². The van der Waals surface area contributed by atoms with E-state index in [0.717, 1.165) is 10.4 Å². The Morgan fingerprint density at radius 3 is 2.26 bits per heavy atom. The van der Waals surface area contributed by atoms with Crippen molar-refractivity contribution in [3.63, 3.8) is 0 Å². The minimum atomic E-state index is -0.321. The van der Waals surface area contributed by atoms with Gasteiger partial charge in [0.1, 0.15) is 5.75 Å². The predicted molar refractivity (Wildman–Crippen MR) is 96.1 cm³/mol. The topological polar surface area (TPSA) is 26.3 Å². The third-order valence-corrected chi connectivity index (χ3v) is 5.23. The number of hydrogen-bond acceptors (Lipinski definition) is 4. The summed E-state index contributed by atoms with van der Waals surface area (Å²) in [5.41, 5.74) is 0.892. The van der Waals surface area contributed by atoms with Crippen molar-refractivity contribution >= 4 is 28.6 Å². The Balaban J connectivity index is 1.74. The average Bonchev–Trinajstić information content (AvgIpc) is 3.15. The zero-order chi connectivity index (χ0) is 16.2. The lowest BCUT2D eigenvalue weighted by atomic mass is 10.2. The monoisotopic (exact) mass is 338 g/mol. The van der Waals surface area contributed by atoms with Crippen LogP contribution in [-0.4, -0.2) is 5.97 Å². The largest absolute Gasteiger partial charge is 0.427 e. The number of esters is 1. The van der Waals surface area contributed by atoms with E-state index >= 15 is 0 Å². The van der Waals surface area contributed by atoms with Crippen LogP contribution >= 0.6 is 22.7 Å². The van der Waals surface area contributed by atoms with Gasteiger partial charge in [-0.15, -0.1) is 22.7 Å². The first-order valence-corrected chi connectivity index (χ1v) is 8.70. The van der Waals surface area contributed by atoms with Crippen LogP contribution in [0.2, 0.25) is 0 Å². The highest BCUT2D eigenvalue weighted by molar-refractivity contribution is 7.22. The van der Waals surface area contributed by atoms with Gasteiger partial charge in [-0.05, 0) is 55.5 Å². The summed E-state index contributed by atoms with van der Waals surface area (Å²) in [6, 6.07) is 15.6. The minimum Gasteiger partial charge on any atom is -0.427 e. The molecule has 0 unspecified atom stereocenters. The lowest BCUT2D eigenvalue weighted by molar-refractivity contribution is -0.131. The Morgan fingerprint density at radius 1 is 0.913 bits per heavy atom. The van der Waals surface area contributed by atoms with E-state index in [1.807, 2.05) is 12.1 Å². The molecule has 0 amide bonds. The van der Waals surface area contributed by atoms with Crippen molar-refractivity contribution in [1.29, 1.82) is 0 Å². The molecule has 0 aliphatic rings. The molecule has 0 aliphatic heterocycles. The smallest absolute Gasteiger partial charge is 0.308 e. The van der Waals surface area contributed by atoms with Crippen LogP contribution in [0.25, 0.3) is 9.75 Å². The van der Waals surface area contributed by atoms with Crippen molar-refractivity contribution in [3.05, 3.63) is 63.8 Å². The third-order valence-electron chi connectivity index (χ3n) is 3.04. The van der Waals surface area contributed by atoms with Gasteiger partial charge in [0.05, 0.1) is 4.88 Å². The van der Waals surface area contributed by atoms with Gasteiger partial charge in [-0.25, -0.2) is 0 Å². The second kappa shape index (κ2) is 6.82. The summed E-state index contributed by atoms with van der Waals surface area (Å²) < 4.78 is 5.00. The fourth-order valence-corrected chi connectivity index (χ4v) is 3.83. The zero-order valence-electron chi connectivity index (χ0n) is 12.8. The van der Waals surface area contributed by atoms with E-state index in [1.54, 1.807) is 34.8 Å². The molecule has 2 aromatic heterocycles. The molecule has 3 aromatic rings. The van der Waals surface area contributed by atoms with Gasteiger partial charge >= 0.3 is 5.97 Å². The normalized spacial score (nSPS) is 10.0. The second-order valence-electron chi connectivity index (χ2n) is 4.94. The Hall–Kier alpha value is -2.35. The molecule has 0 aliphatic carbocycles. The minimum absolute atomic E-state index is 0.321. The van der Waals surface area contributed by atoms with Gasteiger partial charge in [0.2, 0.25) is 0 Å². The molecule has 4 heteroatoms. The number of hydrogen-bond donors (Lipinski definition) is 0. The van der Waals surface area contributed by atoms with Crippen LogP contribution in [0.5, 0.6) is 5.75 Å². The standard InChI is InChI=1S/C19H14O2S2/c1-13-3-11-18(22-13)19-12-10-17(23-19)9-6-15-4-7-16(8-5-15)21-14(2)20/h3-5,7-8,10-12H,1-2H3. The Kier molecular flexibility index (Phi) is 4.61. The summed E-state index contributed by atoms with van der Waals surface area (Å²) in [4.78, 5) is 15.8. The first-order valence-electron chi connectivity index (χ1n) is 7.07. The molecule has 0 bridgehead atoms. The molecule has 114 valence electrons. The molecule has 23 heavy (non-hydrogen) atoms. The second-order valence-corrected chi connectivity index (χ2v) is 7.31. The zero-order valence-corrected chi connectivity index (χ0v) is 14.4. The average molecular weight is 338 g/mol. The predicted octanol–water partition coefficient (Wildman–Crippen LogP) is 5.11. The van der Waals surface area contributed by atoms with Crippen LogP contribution in [0.3, 0.4) is 0 Å². The fraction of sp³-hybridized carbons (Fsp3) is 0.105. The summed E-state index contributed by atoms with van der Waals surface area (Å²) in [6.07, 6.45) is 0. The number of aryl methyl sites for hydroxylation is 1. The lowest BCUT2D eigenvalue weighted by Gasteiger charge is -1.99. The fourth-order valence-electron chi connectivity index (χ4n) is 2.01. The van der Waals surface area contributed by atoms with Crippen LogP contribution in [-0.2, 0) is 4.79 Å². The number of thiophene rings is 2. The van der Waals surface area contributed by atoms with E-state index in [9.17, 15) is 4.79 Å². The molecule has 0 saturated carbocycles. The van der Waals surface area contributed by atoms with E-state index in [2.05, 4.69) is 43.0 Å². The third kappa shape index (κ3) is 4.10. The Bertz CT molecular complexity index is 889.